The summed E-state index contributed by atoms with van der Waals surface area (Å²) in [6.45, 7) is 2.05. The van der Waals surface area contributed by atoms with Gasteiger partial charge in [0.25, 0.3) is 11.6 Å². The Morgan fingerprint density at radius 1 is 1.03 bits per heavy atom. The zero-order valence-electron chi connectivity index (χ0n) is 18.1. The second-order valence-corrected chi connectivity index (χ2v) is 7.84. The lowest BCUT2D eigenvalue weighted by atomic mass is 10.1. The van der Waals surface area contributed by atoms with Gasteiger partial charge in [0.1, 0.15) is 17.5 Å². The van der Waals surface area contributed by atoms with Crippen molar-refractivity contribution in [3.05, 3.63) is 94.0 Å². The van der Waals surface area contributed by atoms with Crippen LogP contribution in [0.25, 0.3) is 0 Å². The van der Waals surface area contributed by atoms with E-state index in [2.05, 4.69) is 5.32 Å². The topological polar surface area (TPSA) is 102 Å². The molecule has 3 aromatic carbocycles. The van der Waals surface area contributed by atoms with Crippen LogP contribution < -0.4 is 10.1 Å². The Hall–Kier alpha value is -4.20. The van der Waals surface area contributed by atoms with Gasteiger partial charge in [0.15, 0.2) is 0 Å². The maximum atomic E-state index is 13.0. The summed E-state index contributed by atoms with van der Waals surface area (Å²) in [6, 6.07) is 20.1. The molecule has 0 radical (unpaired) electrons. The van der Waals surface area contributed by atoms with E-state index in [0.717, 1.165) is 5.75 Å². The molecule has 1 aliphatic rings. The number of hydrogen-bond donors (Lipinski definition) is 1. The zero-order chi connectivity index (χ0) is 23.4. The van der Waals surface area contributed by atoms with Crippen molar-refractivity contribution in [2.24, 2.45) is 0 Å². The lowest BCUT2D eigenvalue weighted by molar-refractivity contribution is -0.385. The molecule has 1 fully saturated rings. The first-order chi connectivity index (χ1) is 15.9. The molecular formula is C25H23N3O5. The second-order valence-electron chi connectivity index (χ2n) is 7.84. The molecule has 0 aromatic heterocycles. The van der Waals surface area contributed by atoms with Crippen LogP contribution in [-0.4, -0.2) is 34.2 Å². The van der Waals surface area contributed by atoms with E-state index in [1.165, 1.54) is 23.1 Å². The van der Waals surface area contributed by atoms with Gasteiger partial charge in [0.2, 0.25) is 5.91 Å². The van der Waals surface area contributed by atoms with E-state index in [1.54, 1.807) is 31.2 Å². The number of aryl methyl sites for hydroxylation is 1. The summed E-state index contributed by atoms with van der Waals surface area (Å²) >= 11 is 0. The average molecular weight is 445 g/mol. The summed E-state index contributed by atoms with van der Waals surface area (Å²) in [7, 11) is 0. The highest BCUT2D eigenvalue weighted by molar-refractivity contribution is 6.01. The average Bonchev–Trinajstić information content (AvgIpc) is 3.30. The quantitative estimate of drug-likeness (QED) is 0.428. The summed E-state index contributed by atoms with van der Waals surface area (Å²) in [6.07, 6.45) is 1.26. The number of carbonyl (C=O) groups is 2. The zero-order valence-corrected chi connectivity index (χ0v) is 18.1. The lowest BCUT2D eigenvalue weighted by Gasteiger charge is -2.24. The summed E-state index contributed by atoms with van der Waals surface area (Å²) < 4.78 is 5.76. The molecule has 1 heterocycles. The van der Waals surface area contributed by atoms with E-state index in [0.29, 0.717) is 42.0 Å². The second kappa shape index (κ2) is 9.52. The van der Waals surface area contributed by atoms with Crippen LogP contribution >= 0.6 is 0 Å². The number of nitro benzene ring substituents is 1. The Kier molecular flexibility index (Phi) is 6.35. The van der Waals surface area contributed by atoms with Crippen LogP contribution in [0.5, 0.6) is 11.5 Å². The number of nitro groups is 1. The minimum Gasteiger partial charge on any atom is -0.457 e. The molecule has 0 saturated carbocycles. The summed E-state index contributed by atoms with van der Waals surface area (Å²) in [4.78, 5) is 38.0. The van der Waals surface area contributed by atoms with Crippen LogP contribution in [-0.2, 0) is 4.79 Å². The molecule has 1 unspecified atom stereocenters. The molecular weight excluding hydrogens is 422 g/mol. The van der Waals surface area contributed by atoms with Gasteiger partial charge in [0, 0.05) is 29.4 Å². The summed E-state index contributed by atoms with van der Waals surface area (Å²) in [5.41, 5.74) is 1.30. The van der Waals surface area contributed by atoms with Crippen molar-refractivity contribution in [2.75, 3.05) is 11.9 Å². The number of hydrogen-bond acceptors (Lipinski definition) is 5. The predicted molar refractivity (Wildman–Crippen MR) is 123 cm³/mol. The molecule has 4 rings (SSSR count). The van der Waals surface area contributed by atoms with Crippen LogP contribution in [0.4, 0.5) is 11.4 Å². The van der Waals surface area contributed by atoms with Crippen molar-refractivity contribution in [2.45, 2.75) is 25.8 Å². The number of nitrogens with zero attached hydrogens (tertiary/aromatic N) is 2. The van der Waals surface area contributed by atoms with Crippen molar-refractivity contribution in [3.8, 4) is 11.5 Å². The maximum absolute atomic E-state index is 13.0. The smallest absolute Gasteiger partial charge is 0.272 e. The number of anilines is 1. The standard InChI is InChI=1S/C25H23N3O5/c1-17-16-18(9-14-22(17)28(31)32)25(30)27-15-5-8-23(27)24(29)26-19-10-12-21(13-11-19)33-20-6-3-2-4-7-20/h2-4,6-7,9-14,16,23H,5,8,15H2,1H3,(H,26,29). The fourth-order valence-corrected chi connectivity index (χ4v) is 3.90. The highest BCUT2D eigenvalue weighted by Gasteiger charge is 2.35. The predicted octanol–water partition coefficient (Wildman–Crippen LogP) is 4.94. The first-order valence-electron chi connectivity index (χ1n) is 10.6. The highest BCUT2D eigenvalue weighted by atomic mass is 16.6. The Morgan fingerprint density at radius 3 is 2.39 bits per heavy atom. The molecule has 8 heteroatoms. The Labute approximate surface area is 190 Å². The number of benzene rings is 3. The fraction of sp³-hybridized carbons (Fsp3) is 0.200. The van der Waals surface area contributed by atoms with Crippen molar-refractivity contribution < 1.29 is 19.2 Å². The van der Waals surface area contributed by atoms with Crippen LogP contribution in [0, 0.1) is 17.0 Å². The first kappa shape index (κ1) is 22.0. The highest BCUT2D eigenvalue weighted by Crippen LogP contribution is 2.26. The number of ether oxygens (including phenoxy) is 1. The molecule has 1 N–H and O–H groups in total. The normalized spacial score (nSPS) is 15.2. The van der Waals surface area contributed by atoms with Crippen molar-refractivity contribution in [3.63, 3.8) is 0 Å². The van der Waals surface area contributed by atoms with Crippen LogP contribution in [0.3, 0.4) is 0 Å². The number of rotatable bonds is 6. The number of likely N-dealkylation sites (tertiary alicyclic amines) is 1. The van der Waals surface area contributed by atoms with Crippen molar-refractivity contribution in [1.29, 1.82) is 0 Å². The number of carbonyl (C=O) groups excluding carboxylic acids is 2. The van der Waals surface area contributed by atoms with E-state index >= 15 is 0 Å². The van der Waals surface area contributed by atoms with Gasteiger partial charge >= 0.3 is 0 Å². The van der Waals surface area contributed by atoms with Gasteiger partial charge in [-0.3, -0.25) is 19.7 Å². The van der Waals surface area contributed by atoms with Crippen molar-refractivity contribution >= 4 is 23.2 Å². The van der Waals surface area contributed by atoms with Crippen molar-refractivity contribution in [1.82, 2.24) is 4.90 Å². The molecule has 8 nitrogen and oxygen atoms in total. The molecule has 0 spiro atoms. The largest absolute Gasteiger partial charge is 0.457 e. The molecule has 1 aliphatic heterocycles. The van der Waals surface area contributed by atoms with Gasteiger partial charge in [-0.2, -0.15) is 0 Å². The van der Waals surface area contributed by atoms with Gasteiger partial charge in [-0.1, -0.05) is 18.2 Å². The van der Waals surface area contributed by atoms with E-state index < -0.39 is 11.0 Å². The minimum absolute atomic E-state index is 0.0399. The Morgan fingerprint density at radius 2 is 1.73 bits per heavy atom. The molecule has 33 heavy (non-hydrogen) atoms. The number of amides is 2. The third kappa shape index (κ3) is 5.01. The molecule has 2 amide bonds. The molecule has 0 bridgehead atoms. The monoisotopic (exact) mass is 445 g/mol. The SMILES string of the molecule is Cc1cc(C(=O)N2CCCC2C(=O)Nc2ccc(Oc3ccccc3)cc2)ccc1[N+](=O)[O-]. The molecule has 1 atom stereocenters. The minimum atomic E-state index is -0.603. The maximum Gasteiger partial charge on any atom is 0.272 e. The summed E-state index contributed by atoms with van der Waals surface area (Å²) in [5, 5.41) is 13.9. The molecule has 3 aromatic rings. The van der Waals surface area contributed by atoms with Crippen LogP contribution in [0.2, 0.25) is 0 Å². The number of para-hydroxylation sites is 1. The van der Waals surface area contributed by atoms with Gasteiger partial charge in [-0.05, 0) is 68.3 Å². The van der Waals surface area contributed by atoms with Gasteiger partial charge in [0.05, 0.1) is 4.92 Å². The molecule has 0 aliphatic carbocycles. The number of nitrogens with one attached hydrogen (secondary N) is 1. The summed E-state index contributed by atoms with van der Waals surface area (Å²) in [5.74, 6) is 0.787. The van der Waals surface area contributed by atoms with E-state index in [9.17, 15) is 19.7 Å². The van der Waals surface area contributed by atoms with E-state index in [4.69, 9.17) is 4.74 Å². The van der Waals surface area contributed by atoms with Gasteiger partial charge in [-0.15, -0.1) is 0 Å². The Bertz CT molecular complexity index is 1180. The molecule has 168 valence electrons. The van der Waals surface area contributed by atoms with Crippen LogP contribution in [0.15, 0.2) is 72.8 Å². The lowest BCUT2D eigenvalue weighted by Crippen LogP contribution is -2.43. The van der Waals surface area contributed by atoms with Crippen LogP contribution in [0.1, 0.15) is 28.8 Å². The third-order valence-corrected chi connectivity index (χ3v) is 5.56. The Balaban J connectivity index is 1.42. The first-order valence-corrected chi connectivity index (χ1v) is 10.6. The van der Waals surface area contributed by atoms with Gasteiger partial charge in [-0.25, -0.2) is 0 Å². The fourth-order valence-electron chi connectivity index (χ4n) is 3.90. The van der Waals surface area contributed by atoms with E-state index in [-0.39, 0.29) is 17.5 Å². The van der Waals surface area contributed by atoms with Gasteiger partial charge < -0.3 is 15.0 Å². The molecule has 1 saturated heterocycles. The third-order valence-electron chi connectivity index (χ3n) is 5.56. The van der Waals surface area contributed by atoms with E-state index in [1.807, 2.05) is 30.3 Å².